The van der Waals surface area contributed by atoms with Crippen molar-refractivity contribution in [3.05, 3.63) is 34.3 Å². The van der Waals surface area contributed by atoms with Gasteiger partial charge in [-0.3, -0.25) is 0 Å². The monoisotopic (exact) mass is 325 g/mol. The summed E-state index contributed by atoms with van der Waals surface area (Å²) in [6.45, 7) is 3.36. The molecular formula is C15H20BrNO2. The fourth-order valence-electron chi connectivity index (χ4n) is 2.96. The zero-order valence-electron chi connectivity index (χ0n) is 11.0. The van der Waals surface area contributed by atoms with Gasteiger partial charge in [-0.25, -0.2) is 0 Å². The van der Waals surface area contributed by atoms with Gasteiger partial charge in [-0.05, 0) is 24.5 Å². The van der Waals surface area contributed by atoms with Gasteiger partial charge in [0.2, 0.25) is 0 Å². The van der Waals surface area contributed by atoms with Gasteiger partial charge in [-0.15, -0.1) is 0 Å². The van der Waals surface area contributed by atoms with Crippen molar-refractivity contribution in [3.63, 3.8) is 0 Å². The molecular weight excluding hydrogens is 306 g/mol. The van der Waals surface area contributed by atoms with Crippen LogP contribution in [0.3, 0.4) is 0 Å². The van der Waals surface area contributed by atoms with Crippen LogP contribution < -0.4 is 5.32 Å². The van der Waals surface area contributed by atoms with E-state index in [4.69, 9.17) is 9.47 Å². The molecule has 1 spiro atoms. The molecule has 1 N–H and O–H groups in total. The molecule has 2 unspecified atom stereocenters. The lowest BCUT2D eigenvalue weighted by atomic mass is 9.89. The van der Waals surface area contributed by atoms with Gasteiger partial charge in [-0.1, -0.05) is 34.1 Å². The van der Waals surface area contributed by atoms with Crippen molar-refractivity contribution in [2.45, 2.75) is 37.5 Å². The lowest BCUT2D eigenvalue weighted by Crippen LogP contribution is -2.47. The molecule has 19 heavy (non-hydrogen) atoms. The van der Waals surface area contributed by atoms with Crippen molar-refractivity contribution in [2.24, 2.45) is 0 Å². The highest BCUT2D eigenvalue weighted by Crippen LogP contribution is 2.33. The molecule has 0 bridgehead atoms. The highest BCUT2D eigenvalue weighted by molar-refractivity contribution is 9.10. The summed E-state index contributed by atoms with van der Waals surface area (Å²) in [6.07, 6.45) is 3.20. The van der Waals surface area contributed by atoms with Gasteiger partial charge in [-0.2, -0.15) is 0 Å². The Hall–Kier alpha value is -0.420. The maximum Gasteiger partial charge on any atom is 0.0951 e. The second-order valence-corrected chi connectivity index (χ2v) is 6.35. The van der Waals surface area contributed by atoms with Gasteiger partial charge in [0.25, 0.3) is 0 Å². The van der Waals surface area contributed by atoms with E-state index in [1.807, 2.05) is 6.07 Å². The van der Waals surface area contributed by atoms with E-state index in [1.165, 1.54) is 10.0 Å². The standard InChI is InChI=1S/C15H20BrNO2/c16-14-4-2-1-3-12(14)10-17-13-5-7-19-15(9-13)6-8-18-11-15/h1-4,13,17H,5-11H2. The highest BCUT2D eigenvalue weighted by atomic mass is 79.9. The second-order valence-electron chi connectivity index (χ2n) is 5.50. The first-order valence-electron chi connectivity index (χ1n) is 6.96. The number of ether oxygens (including phenoxy) is 2. The predicted octanol–water partition coefficient (Wildman–Crippen LogP) is 2.88. The molecule has 2 fully saturated rings. The quantitative estimate of drug-likeness (QED) is 0.926. The average molecular weight is 326 g/mol. The van der Waals surface area contributed by atoms with Crippen LogP contribution in [0.15, 0.2) is 28.7 Å². The first kappa shape index (κ1) is 13.6. The predicted molar refractivity (Wildman–Crippen MR) is 78.1 cm³/mol. The Morgan fingerprint density at radius 2 is 2.21 bits per heavy atom. The number of hydrogen-bond acceptors (Lipinski definition) is 3. The molecule has 0 radical (unpaired) electrons. The molecule has 1 aromatic carbocycles. The van der Waals surface area contributed by atoms with Gasteiger partial charge in [0.15, 0.2) is 0 Å². The molecule has 0 aliphatic carbocycles. The van der Waals surface area contributed by atoms with Crippen LogP contribution in [-0.2, 0) is 16.0 Å². The van der Waals surface area contributed by atoms with Gasteiger partial charge in [0.05, 0.1) is 12.2 Å². The third kappa shape index (κ3) is 3.19. The minimum absolute atomic E-state index is 0.0101. The Kier molecular flexibility index (Phi) is 4.22. The highest BCUT2D eigenvalue weighted by Gasteiger charge is 2.40. The maximum absolute atomic E-state index is 5.96. The van der Waals surface area contributed by atoms with Crippen molar-refractivity contribution < 1.29 is 9.47 Å². The van der Waals surface area contributed by atoms with E-state index in [9.17, 15) is 0 Å². The molecule has 104 valence electrons. The molecule has 4 heteroatoms. The van der Waals surface area contributed by atoms with Crippen LogP contribution in [0, 0.1) is 0 Å². The van der Waals surface area contributed by atoms with E-state index < -0.39 is 0 Å². The van der Waals surface area contributed by atoms with Crippen LogP contribution in [0.1, 0.15) is 24.8 Å². The number of hydrogen-bond donors (Lipinski definition) is 1. The summed E-state index contributed by atoms with van der Waals surface area (Å²) in [5.74, 6) is 0. The largest absolute Gasteiger partial charge is 0.378 e. The van der Waals surface area contributed by atoms with Crippen LogP contribution in [0.2, 0.25) is 0 Å². The smallest absolute Gasteiger partial charge is 0.0951 e. The molecule has 2 atom stereocenters. The fraction of sp³-hybridized carbons (Fsp3) is 0.600. The van der Waals surface area contributed by atoms with Crippen molar-refractivity contribution in [3.8, 4) is 0 Å². The van der Waals surface area contributed by atoms with Crippen molar-refractivity contribution in [2.75, 3.05) is 19.8 Å². The topological polar surface area (TPSA) is 30.5 Å². The minimum Gasteiger partial charge on any atom is -0.378 e. The molecule has 0 saturated carbocycles. The molecule has 0 aromatic heterocycles. The van der Waals surface area contributed by atoms with E-state index in [2.05, 4.69) is 39.4 Å². The summed E-state index contributed by atoms with van der Waals surface area (Å²) in [7, 11) is 0. The third-order valence-electron chi connectivity index (χ3n) is 4.10. The second kappa shape index (κ2) is 5.92. The van der Waals surface area contributed by atoms with E-state index in [1.54, 1.807) is 0 Å². The summed E-state index contributed by atoms with van der Waals surface area (Å²) >= 11 is 3.60. The van der Waals surface area contributed by atoms with Crippen LogP contribution >= 0.6 is 15.9 Å². The summed E-state index contributed by atoms with van der Waals surface area (Å²) in [5.41, 5.74) is 1.30. The lowest BCUT2D eigenvalue weighted by molar-refractivity contribution is -0.0894. The van der Waals surface area contributed by atoms with Crippen LogP contribution in [0.25, 0.3) is 0 Å². The van der Waals surface area contributed by atoms with E-state index in [0.717, 1.165) is 45.6 Å². The molecule has 0 amide bonds. The SMILES string of the molecule is Brc1ccccc1CNC1CCOC2(CCOC2)C1. The molecule has 2 heterocycles. The lowest BCUT2D eigenvalue weighted by Gasteiger charge is -2.37. The fourth-order valence-corrected chi connectivity index (χ4v) is 3.39. The van der Waals surface area contributed by atoms with Crippen LogP contribution in [0.5, 0.6) is 0 Å². The normalized spacial score (nSPS) is 30.9. The van der Waals surface area contributed by atoms with E-state index in [-0.39, 0.29) is 5.60 Å². The maximum atomic E-state index is 5.96. The summed E-state index contributed by atoms with van der Waals surface area (Å²) in [6, 6.07) is 8.91. The van der Waals surface area contributed by atoms with Crippen LogP contribution in [-0.4, -0.2) is 31.5 Å². The zero-order chi connectivity index (χ0) is 13.1. The molecule has 3 nitrogen and oxygen atoms in total. The Balaban J connectivity index is 1.57. The van der Waals surface area contributed by atoms with E-state index in [0.29, 0.717) is 6.04 Å². The van der Waals surface area contributed by atoms with Gasteiger partial charge >= 0.3 is 0 Å². The molecule has 2 aliphatic rings. The van der Waals surface area contributed by atoms with Crippen molar-refractivity contribution in [1.29, 1.82) is 0 Å². The number of rotatable bonds is 3. The van der Waals surface area contributed by atoms with Crippen LogP contribution in [0.4, 0.5) is 0 Å². The molecule has 1 aromatic rings. The van der Waals surface area contributed by atoms with Gasteiger partial charge in [0.1, 0.15) is 0 Å². The van der Waals surface area contributed by atoms with Gasteiger partial charge in [0, 0.05) is 36.7 Å². The molecule has 2 aliphatic heterocycles. The molecule has 3 rings (SSSR count). The Morgan fingerprint density at radius 3 is 3.00 bits per heavy atom. The summed E-state index contributed by atoms with van der Waals surface area (Å²) in [4.78, 5) is 0. The summed E-state index contributed by atoms with van der Waals surface area (Å²) < 4.78 is 12.6. The Labute approximate surface area is 122 Å². The average Bonchev–Trinajstić information content (AvgIpc) is 2.86. The number of halogens is 1. The van der Waals surface area contributed by atoms with Crippen molar-refractivity contribution in [1.82, 2.24) is 5.32 Å². The number of benzene rings is 1. The van der Waals surface area contributed by atoms with E-state index >= 15 is 0 Å². The first-order chi connectivity index (χ1) is 9.27. The Bertz CT molecular complexity index is 432. The third-order valence-corrected chi connectivity index (χ3v) is 4.87. The minimum atomic E-state index is -0.0101. The molecule has 2 saturated heterocycles. The van der Waals surface area contributed by atoms with Crippen molar-refractivity contribution >= 4 is 15.9 Å². The first-order valence-corrected chi connectivity index (χ1v) is 7.75. The Morgan fingerprint density at radius 1 is 1.32 bits per heavy atom. The van der Waals surface area contributed by atoms with Gasteiger partial charge < -0.3 is 14.8 Å². The summed E-state index contributed by atoms with van der Waals surface area (Å²) in [5, 5.41) is 3.66. The number of nitrogens with one attached hydrogen (secondary N) is 1. The zero-order valence-corrected chi connectivity index (χ0v) is 12.6.